The maximum atomic E-state index is 12.2. The Morgan fingerprint density at radius 2 is 1.92 bits per heavy atom. The number of nitrogens with one attached hydrogen (secondary N) is 1. The fourth-order valence-corrected chi connectivity index (χ4v) is 2.87. The minimum atomic E-state index is -0.600. The maximum absolute atomic E-state index is 12.2. The molecule has 9 nitrogen and oxygen atoms in total. The molecule has 4 rings (SSSR count). The molecule has 1 unspecified atom stereocenters. The average Bonchev–Trinajstić information content (AvgIpc) is 3.33. The molecule has 0 radical (unpaired) electrons. The normalized spacial score (nSPS) is 19.4. The largest absolute Gasteiger partial charge is 0.405 e. The van der Waals surface area contributed by atoms with Crippen LogP contribution in [0.1, 0.15) is 45.6 Å². The van der Waals surface area contributed by atoms with Gasteiger partial charge in [0.15, 0.2) is 0 Å². The molecule has 0 aliphatic carbocycles. The summed E-state index contributed by atoms with van der Waals surface area (Å²) >= 11 is 0. The van der Waals surface area contributed by atoms with Crippen LogP contribution in [-0.2, 0) is 9.53 Å². The number of carbonyl (C=O) groups is 3. The lowest BCUT2D eigenvalue weighted by Crippen LogP contribution is -2.37. The summed E-state index contributed by atoms with van der Waals surface area (Å²) in [6, 6.07) is 6.35. The molecule has 1 N–H and O–H groups in total. The molecule has 2 aromatic rings. The lowest BCUT2D eigenvalue weighted by molar-refractivity contribution is -0.116. The molecule has 0 saturated carbocycles. The van der Waals surface area contributed by atoms with E-state index in [9.17, 15) is 14.4 Å². The van der Waals surface area contributed by atoms with E-state index in [2.05, 4.69) is 15.5 Å². The number of hydrogen-bond donors (Lipinski definition) is 1. The van der Waals surface area contributed by atoms with Gasteiger partial charge in [-0.15, -0.1) is 5.10 Å². The van der Waals surface area contributed by atoms with Crippen LogP contribution in [0.15, 0.2) is 28.7 Å². The number of imide groups is 1. The van der Waals surface area contributed by atoms with Crippen molar-refractivity contribution in [1.82, 2.24) is 15.1 Å². The first-order valence-electron chi connectivity index (χ1n) is 7.83. The van der Waals surface area contributed by atoms with Gasteiger partial charge in [0.1, 0.15) is 12.6 Å². The summed E-state index contributed by atoms with van der Waals surface area (Å²) in [5.74, 6) is -1.30. The maximum Gasteiger partial charge on any atom is 0.322 e. The van der Waals surface area contributed by atoms with Crippen LogP contribution in [-0.4, -0.2) is 46.0 Å². The molecule has 0 bridgehead atoms. The molecule has 2 aliphatic rings. The Kier molecular flexibility index (Phi) is 3.77. The molecule has 1 saturated heterocycles. The molecule has 2 aliphatic heterocycles. The Hall–Kier alpha value is -3.07. The lowest BCUT2D eigenvalue weighted by atomic mass is 10.1. The summed E-state index contributed by atoms with van der Waals surface area (Å²) in [6.45, 7) is 0.207. The van der Waals surface area contributed by atoms with Gasteiger partial charge in [-0.1, -0.05) is 17.2 Å². The van der Waals surface area contributed by atoms with Crippen LogP contribution in [0, 0.1) is 0 Å². The number of ether oxygens (including phenoxy) is 1. The SMILES string of the molecule is O=C(CN1C(=O)c2ccccc2C1=O)Nc1nnc(C2CCCO2)o1. The minimum Gasteiger partial charge on any atom is -0.405 e. The molecule has 1 aromatic carbocycles. The van der Waals surface area contributed by atoms with Crippen molar-refractivity contribution in [2.75, 3.05) is 18.5 Å². The Morgan fingerprint density at radius 3 is 2.56 bits per heavy atom. The average molecular weight is 342 g/mol. The first-order chi connectivity index (χ1) is 12.1. The summed E-state index contributed by atoms with van der Waals surface area (Å²) in [7, 11) is 0. The molecule has 25 heavy (non-hydrogen) atoms. The first-order valence-corrected chi connectivity index (χ1v) is 7.83. The van der Waals surface area contributed by atoms with E-state index in [0.29, 0.717) is 23.6 Å². The Labute approximate surface area is 142 Å². The molecular formula is C16H14N4O5. The third-order valence-corrected chi connectivity index (χ3v) is 4.07. The van der Waals surface area contributed by atoms with Gasteiger partial charge in [0, 0.05) is 6.61 Å². The summed E-state index contributed by atoms with van der Waals surface area (Å²) in [5.41, 5.74) is 0.581. The Morgan fingerprint density at radius 1 is 1.20 bits per heavy atom. The van der Waals surface area contributed by atoms with Gasteiger partial charge in [0.05, 0.1) is 11.1 Å². The number of rotatable bonds is 4. The van der Waals surface area contributed by atoms with E-state index in [1.165, 1.54) is 0 Å². The number of amides is 3. The number of nitrogens with zero attached hydrogens (tertiary/aromatic N) is 3. The summed E-state index contributed by atoms with van der Waals surface area (Å²) in [6.07, 6.45) is 1.44. The van der Waals surface area contributed by atoms with Crippen LogP contribution in [0.3, 0.4) is 0 Å². The van der Waals surface area contributed by atoms with E-state index in [1.807, 2.05) is 0 Å². The third kappa shape index (κ3) is 2.78. The van der Waals surface area contributed by atoms with Crippen LogP contribution >= 0.6 is 0 Å². The van der Waals surface area contributed by atoms with Gasteiger partial charge in [-0.05, 0) is 25.0 Å². The fourth-order valence-electron chi connectivity index (χ4n) is 2.87. The van der Waals surface area contributed by atoms with Gasteiger partial charge in [-0.25, -0.2) is 0 Å². The predicted molar refractivity (Wildman–Crippen MR) is 82.7 cm³/mol. The Bertz CT molecular complexity index is 821. The van der Waals surface area contributed by atoms with Crippen molar-refractivity contribution in [3.8, 4) is 0 Å². The lowest BCUT2D eigenvalue weighted by Gasteiger charge is -2.12. The van der Waals surface area contributed by atoms with Crippen molar-refractivity contribution < 1.29 is 23.5 Å². The van der Waals surface area contributed by atoms with E-state index in [0.717, 1.165) is 17.7 Å². The molecule has 1 atom stereocenters. The molecule has 0 spiro atoms. The number of anilines is 1. The fraction of sp³-hybridized carbons (Fsp3) is 0.312. The topological polar surface area (TPSA) is 115 Å². The molecule has 3 amide bonds. The highest BCUT2D eigenvalue weighted by atomic mass is 16.5. The van der Waals surface area contributed by atoms with Gasteiger partial charge in [0.25, 0.3) is 11.8 Å². The van der Waals surface area contributed by atoms with Crippen LogP contribution in [0.4, 0.5) is 6.01 Å². The number of carbonyl (C=O) groups excluding carboxylic acids is 3. The van der Waals surface area contributed by atoms with E-state index >= 15 is 0 Å². The van der Waals surface area contributed by atoms with Crippen LogP contribution in [0.5, 0.6) is 0 Å². The summed E-state index contributed by atoms with van der Waals surface area (Å²) in [4.78, 5) is 37.5. The predicted octanol–water partition coefficient (Wildman–Crippen LogP) is 1.16. The second-order valence-corrected chi connectivity index (χ2v) is 5.74. The summed E-state index contributed by atoms with van der Waals surface area (Å²) < 4.78 is 10.8. The number of fused-ring (bicyclic) bond motifs is 1. The van der Waals surface area contributed by atoms with E-state index in [4.69, 9.17) is 9.15 Å². The van der Waals surface area contributed by atoms with Gasteiger partial charge >= 0.3 is 6.01 Å². The minimum absolute atomic E-state index is 0.0906. The zero-order valence-corrected chi connectivity index (χ0v) is 13.1. The highest BCUT2D eigenvalue weighted by Gasteiger charge is 2.36. The highest BCUT2D eigenvalue weighted by Crippen LogP contribution is 2.28. The molecule has 9 heteroatoms. The molecule has 1 fully saturated rings. The van der Waals surface area contributed by atoms with Crippen molar-refractivity contribution in [2.45, 2.75) is 18.9 Å². The number of hydrogen-bond acceptors (Lipinski definition) is 7. The molecule has 3 heterocycles. The van der Waals surface area contributed by atoms with Crippen molar-refractivity contribution in [1.29, 1.82) is 0 Å². The number of aromatic nitrogens is 2. The van der Waals surface area contributed by atoms with Crippen molar-refractivity contribution >= 4 is 23.7 Å². The van der Waals surface area contributed by atoms with E-state index < -0.39 is 24.3 Å². The quantitative estimate of drug-likeness (QED) is 0.829. The zero-order chi connectivity index (χ0) is 17.4. The smallest absolute Gasteiger partial charge is 0.322 e. The van der Waals surface area contributed by atoms with Gasteiger partial charge in [0.2, 0.25) is 11.8 Å². The van der Waals surface area contributed by atoms with E-state index in [-0.39, 0.29) is 12.1 Å². The van der Waals surface area contributed by atoms with Crippen LogP contribution in [0.25, 0.3) is 0 Å². The van der Waals surface area contributed by atoms with Crippen molar-refractivity contribution in [3.63, 3.8) is 0 Å². The highest BCUT2D eigenvalue weighted by molar-refractivity contribution is 6.22. The Balaban J connectivity index is 1.41. The van der Waals surface area contributed by atoms with Crippen molar-refractivity contribution in [2.24, 2.45) is 0 Å². The molecular weight excluding hydrogens is 328 g/mol. The zero-order valence-electron chi connectivity index (χ0n) is 13.1. The standard InChI is InChI=1S/C16H14N4O5/c21-12(17-16-19-18-13(25-16)11-6-3-7-24-11)8-20-14(22)9-4-1-2-5-10(9)15(20)23/h1-2,4-5,11H,3,6-8H2,(H,17,19,21). The summed E-state index contributed by atoms with van der Waals surface area (Å²) in [5, 5.41) is 9.98. The monoisotopic (exact) mass is 342 g/mol. The van der Waals surface area contributed by atoms with Crippen LogP contribution < -0.4 is 5.32 Å². The second kappa shape index (κ2) is 6.10. The third-order valence-electron chi connectivity index (χ3n) is 4.07. The first kappa shape index (κ1) is 15.5. The van der Waals surface area contributed by atoms with Gasteiger partial charge in [-0.2, -0.15) is 0 Å². The van der Waals surface area contributed by atoms with E-state index in [1.54, 1.807) is 24.3 Å². The number of benzene rings is 1. The van der Waals surface area contributed by atoms with Gasteiger partial charge < -0.3 is 9.15 Å². The van der Waals surface area contributed by atoms with Crippen LogP contribution in [0.2, 0.25) is 0 Å². The van der Waals surface area contributed by atoms with Gasteiger partial charge in [-0.3, -0.25) is 24.6 Å². The van der Waals surface area contributed by atoms with Crippen molar-refractivity contribution in [3.05, 3.63) is 41.3 Å². The molecule has 128 valence electrons. The second-order valence-electron chi connectivity index (χ2n) is 5.74. The molecule has 1 aromatic heterocycles.